The van der Waals surface area contributed by atoms with Gasteiger partial charge in [0.25, 0.3) is 0 Å². The van der Waals surface area contributed by atoms with Gasteiger partial charge in [-0.2, -0.15) is 12.6 Å². The summed E-state index contributed by atoms with van der Waals surface area (Å²) >= 11 is 7.81. The number of ether oxygens (including phenoxy) is 1. The van der Waals surface area contributed by atoms with Crippen molar-refractivity contribution in [3.8, 4) is 5.75 Å². The lowest BCUT2D eigenvalue weighted by Gasteiger charge is -2.40. The topological polar surface area (TPSA) is 9.23 Å². The monoisotopic (exact) mass is 286 g/mol. The first kappa shape index (κ1) is 11.3. The lowest BCUT2D eigenvalue weighted by molar-refractivity contribution is 0.0829. The van der Waals surface area contributed by atoms with E-state index in [1.54, 1.807) is 0 Å². The van der Waals surface area contributed by atoms with E-state index in [4.69, 9.17) is 4.74 Å². The molecule has 0 amide bonds. The van der Waals surface area contributed by atoms with Crippen LogP contribution in [0, 0.1) is 5.41 Å². The summed E-state index contributed by atoms with van der Waals surface area (Å²) in [6.07, 6.45) is 3.84. The molecule has 0 aliphatic heterocycles. The molecule has 0 spiro atoms. The second-order valence-corrected chi connectivity index (χ2v) is 5.49. The zero-order valence-corrected chi connectivity index (χ0v) is 11.1. The molecule has 0 atom stereocenters. The summed E-state index contributed by atoms with van der Waals surface area (Å²) in [5.41, 5.74) is 0.343. The van der Waals surface area contributed by atoms with E-state index in [-0.39, 0.29) is 0 Å². The lowest BCUT2D eigenvalue weighted by Crippen LogP contribution is -2.37. The van der Waals surface area contributed by atoms with Crippen molar-refractivity contribution in [2.24, 2.45) is 5.41 Å². The Labute approximate surface area is 105 Å². The third kappa shape index (κ3) is 2.70. The van der Waals surface area contributed by atoms with Gasteiger partial charge in [-0.1, -0.05) is 22.4 Å². The molecule has 1 aromatic rings. The molecular formula is C12H15BrOS. The smallest absolute Gasteiger partial charge is 0.119 e. The molecule has 1 fully saturated rings. The van der Waals surface area contributed by atoms with E-state index < -0.39 is 0 Å². The molecule has 1 aliphatic carbocycles. The third-order valence-corrected chi connectivity index (χ3v) is 4.31. The van der Waals surface area contributed by atoms with Crippen LogP contribution >= 0.6 is 28.6 Å². The molecule has 0 heterocycles. The number of rotatable bonds is 4. The number of hydrogen-bond acceptors (Lipinski definition) is 2. The van der Waals surface area contributed by atoms with E-state index in [2.05, 4.69) is 28.6 Å². The fourth-order valence-corrected chi connectivity index (χ4v) is 2.46. The molecule has 0 aromatic heterocycles. The minimum atomic E-state index is 0.343. The van der Waals surface area contributed by atoms with Crippen molar-refractivity contribution in [3.63, 3.8) is 0 Å². The predicted octanol–water partition coefficient (Wildman–Crippen LogP) is 3.93. The summed E-state index contributed by atoms with van der Waals surface area (Å²) in [6, 6.07) is 8.00. The average molecular weight is 287 g/mol. The van der Waals surface area contributed by atoms with E-state index in [0.29, 0.717) is 5.41 Å². The van der Waals surface area contributed by atoms with Gasteiger partial charge in [0, 0.05) is 9.89 Å². The van der Waals surface area contributed by atoms with Crippen LogP contribution in [-0.2, 0) is 0 Å². The largest absolute Gasteiger partial charge is 0.493 e. The van der Waals surface area contributed by atoms with E-state index in [0.717, 1.165) is 22.6 Å². The minimum absolute atomic E-state index is 0.343. The summed E-state index contributed by atoms with van der Waals surface area (Å²) in [5.74, 6) is 1.88. The molecule has 3 heteroatoms. The van der Waals surface area contributed by atoms with Gasteiger partial charge in [0.15, 0.2) is 0 Å². The van der Waals surface area contributed by atoms with Crippen molar-refractivity contribution in [2.75, 3.05) is 12.4 Å². The zero-order valence-electron chi connectivity index (χ0n) is 8.58. The number of halogens is 1. The highest BCUT2D eigenvalue weighted by atomic mass is 79.9. The van der Waals surface area contributed by atoms with Crippen molar-refractivity contribution in [3.05, 3.63) is 28.7 Å². The Morgan fingerprint density at radius 2 is 1.93 bits per heavy atom. The van der Waals surface area contributed by atoms with Crippen LogP contribution in [0.1, 0.15) is 19.3 Å². The normalized spacial score (nSPS) is 18.3. The number of benzene rings is 1. The van der Waals surface area contributed by atoms with Crippen LogP contribution in [0.15, 0.2) is 28.7 Å². The molecule has 0 N–H and O–H groups in total. The first-order valence-corrected chi connectivity index (χ1v) is 6.66. The van der Waals surface area contributed by atoms with Crippen molar-refractivity contribution < 1.29 is 4.74 Å². The fourth-order valence-electron chi connectivity index (χ4n) is 1.79. The Kier molecular flexibility index (Phi) is 3.62. The van der Waals surface area contributed by atoms with E-state index in [9.17, 15) is 0 Å². The minimum Gasteiger partial charge on any atom is -0.493 e. The second kappa shape index (κ2) is 4.79. The Hall–Kier alpha value is -0.150. The molecule has 1 aliphatic rings. The Morgan fingerprint density at radius 3 is 2.40 bits per heavy atom. The van der Waals surface area contributed by atoms with Crippen molar-refractivity contribution in [1.29, 1.82) is 0 Å². The highest BCUT2D eigenvalue weighted by Crippen LogP contribution is 2.42. The maximum Gasteiger partial charge on any atom is 0.119 e. The summed E-state index contributed by atoms with van der Waals surface area (Å²) in [4.78, 5) is 0. The van der Waals surface area contributed by atoms with E-state index in [1.807, 2.05) is 24.3 Å². The molecular weight excluding hydrogens is 272 g/mol. The van der Waals surface area contributed by atoms with Crippen LogP contribution in [0.3, 0.4) is 0 Å². The molecule has 1 saturated carbocycles. The SMILES string of the molecule is SCC1(COc2ccc(Br)cc2)CCC1. The van der Waals surface area contributed by atoms with Gasteiger partial charge in [-0.05, 0) is 42.9 Å². The van der Waals surface area contributed by atoms with Crippen LogP contribution in [0.25, 0.3) is 0 Å². The fraction of sp³-hybridized carbons (Fsp3) is 0.500. The summed E-state index contributed by atoms with van der Waals surface area (Å²) in [5, 5.41) is 0. The molecule has 1 nitrogen and oxygen atoms in total. The van der Waals surface area contributed by atoms with Crippen LogP contribution in [-0.4, -0.2) is 12.4 Å². The van der Waals surface area contributed by atoms with Crippen molar-refractivity contribution in [1.82, 2.24) is 0 Å². The van der Waals surface area contributed by atoms with Gasteiger partial charge in [-0.3, -0.25) is 0 Å². The lowest BCUT2D eigenvalue weighted by atomic mass is 9.71. The highest BCUT2D eigenvalue weighted by molar-refractivity contribution is 9.10. The molecule has 1 aromatic carbocycles. The molecule has 0 saturated heterocycles. The molecule has 2 rings (SSSR count). The molecule has 0 unspecified atom stereocenters. The molecule has 15 heavy (non-hydrogen) atoms. The summed E-state index contributed by atoms with van der Waals surface area (Å²) in [6.45, 7) is 0.804. The van der Waals surface area contributed by atoms with Gasteiger partial charge < -0.3 is 4.74 Å². The van der Waals surface area contributed by atoms with Gasteiger partial charge in [-0.25, -0.2) is 0 Å². The van der Waals surface area contributed by atoms with E-state index in [1.165, 1.54) is 19.3 Å². The molecule has 0 bridgehead atoms. The Balaban J connectivity index is 1.90. The van der Waals surface area contributed by atoms with Crippen LogP contribution in [0.5, 0.6) is 5.75 Å². The molecule has 0 radical (unpaired) electrons. The maximum atomic E-state index is 5.79. The number of thiol groups is 1. The Bertz CT molecular complexity index is 313. The van der Waals surface area contributed by atoms with Crippen LogP contribution in [0.2, 0.25) is 0 Å². The average Bonchev–Trinajstić information content (AvgIpc) is 2.20. The molecule has 82 valence electrons. The Morgan fingerprint density at radius 1 is 1.27 bits per heavy atom. The summed E-state index contributed by atoms with van der Waals surface area (Å²) in [7, 11) is 0. The second-order valence-electron chi connectivity index (χ2n) is 4.25. The van der Waals surface area contributed by atoms with Crippen molar-refractivity contribution in [2.45, 2.75) is 19.3 Å². The van der Waals surface area contributed by atoms with E-state index >= 15 is 0 Å². The van der Waals surface area contributed by atoms with Gasteiger partial charge >= 0.3 is 0 Å². The zero-order chi connectivity index (χ0) is 10.7. The quantitative estimate of drug-likeness (QED) is 0.826. The van der Waals surface area contributed by atoms with Gasteiger partial charge in [0.2, 0.25) is 0 Å². The summed E-state index contributed by atoms with van der Waals surface area (Å²) < 4.78 is 6.88. The van der Waals surface area contributed by atoms with Gasteiger partial charge in [0.1, 0.15) is 5.75 Å². The van der Waals surface area contributed by atoms with Gasteiger partial charge in [-0.15, -0.1) is 0 Å². The third-order valence-electron chi connectivity index (χ3n) is 3.11. The standard InChI is InChI=1S/C12H15BrOS/c13-10-2-4-11(5-3-10)14-8-12(9-15)6-1-7-12/h2-5,15H,1,6-9H2. The highest BCUT2D eigenvalue weighted by Gasteiger charge is 2.36. The predicted molar refractivity (Wildman–Crippen MR) is 69.8 cm³/mol. The van der Waals surface area contributed by atoms with Crippen molar-refractivity contribution >= 4 is 28.6 Å². The van der Waals surface area contributed by atoms with Gasteiger partial charge in [0.05, 0.1) is 6.61 Å². The maximum absolute atomic E-state index is 5.79. The first-order chi connectivity index (χ1) is 7.24. The first-order valence-electron chi connectivity index (χ1n) is 5.23. The van der Waals surface area contributed by atoms with Crippen LogP contribution < -0.4 is 4.74 Å². The number of hydrogen-bond donors (Lipinski definition) is 1. The van der Waals surface area contributed by atoms with Crippen LogP contribution in [0.4, 0.5) is 0 Å².